The number of hydrogen-bond donors (Lipinski definition) is 0. The van der Waals surface area contributed by atoms with E-state index in [4.69, 9.17) is 0 Å². The van der Waals surface area contributed by atoms with Crippen LogP contribution in [0.5, 0.6) is 0 Å². The van der Waals surface area contributed by atoms with Crippen LogP contribution in [0.4, 0.5) is 0 Å². The Morgan fingerprint density at radius 3 is 2.16 bits per heavy atom. The summed E-state index contributed by atoms with van der Waals surface area (Å²) in [6, 6.07) is -0.0217. The number of hydrazone groups is 2. The molecule has 1 unspecified atom stereocenters. The Morgan fingerprint density at radius 1 is 1.00 bits per heavy atom. The van der Waals surface area contributed by atoms with E-state index in [9.17, 15) is 19.2 Å². The molecular weight excluding hydrogens is 400 g/mol. The first kappa shape index (κ1) is 22.9. The van der Waals surface area contributed by atoms with E-state index in [2.05, 4.69) is 10.2 Å². The van der Waals surface area contributed by atoms with E-state index in [0.717, 1.165) is 12.8 Å². The molecule has 0 N–H and O–H groups in total. The minimum absolute atomic E-state index is 0.0217. The lowest BCUT2D eigenvalue weighted by molar-refractivity contribution is -0.132. The van der Waals surface area contributed by atoms with Gasteiger partial charge in [0.15, 0.2) is 0 Å². The van der Waals surface area contributed by atoms with E-state index < -0.39 is 0 Å². The van der Waals surface area contributed by atoms with Gasteiger partial charge in [0.2, 0.25) is 11.8 Å². The smallest absolute Gasteiger partial charge is 0.270 e. The maximum Gasteiger partial charge on any atom is 0.270 e. The second-order valence-corrected chi connectivity index (χ2v) is 8.74. The molecule has 4 amide bonds. The lowest BCUT2D eigenvalue weighted by Crippen LogP contribution is -2.50. The van der Waals surface area contributed by atoms with Crippen LogP contribution in [-0.4, -0.2) is 94.6 Å². The predicted molar refractivity (Wildman–Crippen MR) is 115 cm³/mol. The molecular formula is C21H32N6O4. The van der Waals surface area contributed by atoms with Crippen LogP contribution in [0.3, 0.4) is 0 Å². The Labute approximate surface area is 182 Å². The van der Waals surface area contributed by atoms with Crippen LogP contribution < -0.4 is 0 Å². The maximum absolute atomic E-state index is 13.1. The molecule has 0 bridgehead atoms. The molecule has 1 fully saturated rings. The zero-order chi connectivity index (χ0) is 22.7. The molecule has 31 heavy (non-hydrogen) atoms. The molecule has 3 aliphatic rings. The van der Waals surface area contributed by atoms with Crippen molar-refractivity contribution in [2.24, 2.45) is 16.1 Å². The normalized spacial score (nSPS) is 22.5. The van der Waals surface area contributed by atoms with Gasteiger partial charge in [-0.3, -0.25) is 19.2 Å². The SMILES string of the molecule is CC(C)N(CC1CCCN(C(=O)C2=NN(C)C(=O)CC2)C1)C(=O)C1=NN(C)C(=O)CC1. The van der Waals surface area contributed by atoms with Gasteiger partial charge in [0.1, 0.15) is 11.4 Å². The lowest BCUT2D eigenvalue weighted by Gasteiger charge is -2.38. The first-order valence-corrected chi connectivity index (χ1v) is 11.0. The number of likely N-dealkylation sites (tertiary alicyclic amines) is 1. The fraction of sp³-hybridized carbons (Fsp3) is 0.714. The van der Waals surface area contributed by atoms with Crippen molar-refractivity contribution in [1.82, 2.24) is 19.8 Å². The molecule has 0 radical (unpaired) electrons. The number of amides is 4. The van der Waals surface area contributed by atoms with E-state index in [1.807, 2.05) is 13.8 Å². The van der Waals surface area contributed by atoms with Gasteiger partial charge in [-0.15, -0.1) is 0 Å². The fourth-order valence-electron chi connectivity index (χ4n) is 4.20. The molecule has 0 aromatic heterocycles. The standard InChI is InChI=1S/C21H32N6O4/c1-14(2)27(21(31)17-8-10-19(29)25(4)23-17)13-15-6-5-11-26(12-15)20(30)16-7-9-18(28)24(3)22-16/h14-15H,5-13H2,1-4H3. The van der Waals surface area contributed by atoms with Crippen molar-refractivity contribution in [1.29, 1.82) is 0 Å². The second kappa shape index (κ2) is 9.57. The fourth-order valence-corrected chi connectivity index (χ4v) is 4.20. The van der Waals surface area contributed by atoms with Crippen LogP contribution in [0.15, 0.2) is 10.2 Å². The largest absolute Gasteiger partial charge is 0.337 e. The summed E-state index contributed by atoms with van der Waals surface area (Å²) >= 11 is 0. The summed E-state index contributed by atoms with van der Waals surface area (Å²) in [5, 5.41) is 10.8. The van der Waals surface area contributed by atoms with Crippen molar-refractivity contribution in [3.63, 3.8) is 0 Å². The van der Waals surface area contributed by atoms with Crippen molar-refractivity contribution >= 4 is 35.1 Å². The molecule has 3 aliphatic heterocycles. The van der Waals surface area contributed by atoms with Gasteiger partial charge in [0, 0.05) is 65.5 Å². The minimum Gasteiger partial charge on any atom is -0.337 e. The summed E-state index contributed by atoms with van der Waals surface area (Å²) in [6.45, 7) is 5.66. The molecule has 3 rings (SSSR count). The molecule has 170 valence electrons. The highest BCUT2D eigenvalue weighted by Crippen LogP contribution is 2.21. The summed E-state index contributed by atoms with van der Waals surface area (Å²) in [6.07, 6.45) is 3.09. The highest BCUT2D eigenvalue weighted by Gasteiger charge is 2.33. The predicted octanol–water partition coefficient (Wildman–Crippen LogP) is 0.678. The lowest BCUT2D eigenvalue weighted by atomic mass is 9.95. The third kappa shape index (κ3) is 5.29. The minimum atomic E-state index is -0.144. The van der Waals surface area contributed by atoms with Crippen LogP contribution in [0.1, 0.15) is 52.4 Å². The molecule has 3 heterocycles. The molecule has 0 spiro atoms. The number of carbonyl (C=O) groups is 4. The van der Waals surface area contributed by atoms with Crippen molar-refractivity contribution in [2.45, 2.75) is 58.4 Å². The van der Waals surface area contributed by atoms with Gasteiger partial charge < -0.3 is 9.80 Å². The molecule has 1 atom stereocenters. The van der Waals surface area contributed by atoms with Gasteiger partial charge >= 0.3 is 0 Å². The summed E-state index contributed by atoms with van der Waals surface area (Å²) in [5.41, 5.74) is 0.826. The third-order valence-corrected chi connectivity index (χ3v) is 6.05. The monoisotopic (exact) mass is 432 g/mol. The van der Waals surface area contributed by atoms with E-state index in [1.54, 1.807) is 23.9 Å². The number of rotatable bonds is 5. The number of hydrogen-bond acceptors (Lipinski definition) is 6. The topological polar surface area (TPSA) is 106 Å². The average molecular weight is 433 g/mol. The van der Waals surface area contributed by atoms with Gasteiger partial charge in [-0.1, -0.05) is 0 Å². The average Bonchev–Trinajstić information content (AvgIpc) is 2.75. The molecule has 10 nitrogen and oxygen atoms in total. The molecule has 0 aromatic carbocycles. The molecule has 0 aliphatic carbocycles. The van der Waals surface area contributed by atoms with Gasteiger partial charge in [-0.25, -0.2) is 10.0 Å². The van der Waals surface area contributed by atoms with Crippen LogP contribution in [-0.2, 0) is 19.2 Å². The number of carbonyl (C=O) groups excluding carboxylic acids is 4. The quantitative estimate of drug-likeness (QED) is 0.637. The molecule has 0 saturated carbocycles. The van der Waals surface area contributed by atoms with Crippen LogP contribution in [0.2, 0.25) is 0 Å². The van der Waals surface area contributed by atoms with Crippen molar-refractivity contribution in [2.75, 3.05) is 33.7 Å². The number of piperidine rings is 1. The Morgan fingerprint density at radius 2 is 1.58 bits per heavy atom. The van der Waals surface area contributed by atoms with E-state index in [0.29, 0.717) is 50.3 Å². The molecule has 10 heteroatoms. The summed E-state index contributed by atoms with van der Waals surface area (Å²) in [5.74, 6) is -0.293. The zero-order valence-corrected chi connectivity index (χ0v) is 18.8. The highest BCUT2D eigenvalue weighted by atomic mass is 16.2. The van der Waals surface area contributed by atoms with Crippen LogP contribution >= 0.6 is 0 Å². The molecule has 0 aromatic rings. The van der Waals surface area contributed by atoms with E-state index >= 15 is 0 Å². The van der Waals surface area contributed by atoms with Crippen molar-refractivity contribution in [3.05, 3.63) is 0 Å². The van der Waals surface area contributed by atoms with Gasteiger partial charge in [-0.05, 0) is 32.6 Å². The van der Waals surface area contributed by atoms with E-state index in [1.165, 1.54) is 10.0 Å². The van der Waals surface area contributed by atoms with Crippen molar-refractivity contribution < 1.29 is 19.2 Å². The van der Waals surface area contributed by atoms with Crippen LogP contribution in [0.25, 0.3) is 0 Å². The summed E-state index contributed by atoms with van der Waals surface area (Å²) in [4.78, 5) is 53.0. The zero-order valence-electron chi connectivity index (χ0n) is 18.8. The highest BCUT2D eigenvalue weighted by molar-refractivity contribution is 6.40. The Kier molecular flexibility index (Phi) is 7.07. The number of nitrogens with zero attached hydrogens (tertiary/aromatic N) is 6. The Bertz CT molecular complexity index is 821. The van der Waals surface area contributed by atoms with Gasteiger partial charge in [-0.2, -0.15) is 10.2 Å². The Hall–Kier alpha value is -2.78. The summed E-state index contributed by atoms with van der Waals surface area (Å²) < 4.78 is 0. The van der Waals surface area contributed by atoms with Gasteiger partial charge in [0.05, 0.1) is 0 Å². The maximum atomic E-state index is 13.1. The van der Waals surface area contributed by atoms with Crippen molar-refractivity contribution in [3.8, 4) is 0 Å². The Balaban J connectivity index is 1.66. The second-order valence-electron chi connectivity index (χ2n) is 8.74. The van der Waals surface area contributed by atoms with Crippen LogP contribution in [0, 0.1) is 5.92 Å². The first-order valence-electron chi connectivity index (χ1n) is 11.0. The first-order chi connectivity index (χ1) is 14.7. The third-order valence-electron chi connectivity index (χ3n) is 6.05. The van der Waals surface area contributed by atoms with Gasteiger partial charge in [0.25, 0.3) is 11.8 Å². The van der Waals surface area contributed by atoms with E-state index in [-0.39, 0.29) is 42.0 Å². The summed E-state index contributed by atoms with van der Waals surface area (Å²) in [7, 11) is 3.14. The molecule has 1 saturated heterocycles.